The maximum atomic E-state index is 12.7. The average molecular weight is 435 g/mol. The van der Waals surface area contributed by atoms with Crippen LogP contribution in [0.4, 0.5) is 0 Å². The molecule has 0 saturated heterocycles. The maximum absolute atomic E-state index is 12.7. The van der Waals surface area contributed by atoms with Crippen molar-refractivity contribution in [3.63, 3.8) is 0 Å². The minimum absolute atomic E-state index is 0.122. The first kappa shape index (κ1) is 18.1. The molecule has 0 amide bonds. The number of rotatable bonds is 5. The molecule has 0 unspecified atom stereocenters. The van der Waals surface area contributed by atoms with Gasteiger partial charge in [-0.1, -0.05) is 63.6 Å². The Balaban J connectivity index is 1.60. The maximum Gasteiger partial charge on any atom is 0.361 e. The fraction of sp³-hybridized carbons (Fsp3) is 0.0476. The summed E-state index contributed by atoms with van der Waals surface area (Å²) in [4.78, 5) is 17.1. The zero-order valence-electron chi connectivity index (χ0n) is 14.6. The number of halogens is 1. The molecule has 2 heterocycles. The van der Waals surface area contributed by atoms with E-state index in [1.807, 2.05) is 72.8 Å². The van der Waals surface area contributed by atoms with Gasteiger partial charge in [-0.2, -0.15) is 0 Å². The number of pyridine rings is 1. The van der Waals surface area contributed by atoms with Gasteiger partial charge in [0, 0.05) is 10.7 Å². The van der Waals surface area contributed by atoms with Crippen LogP contribution in [0.1, 0.15) is 27.8 Å². The number of hydrogen-bond donors (Lipinski definition) is 0. The summed E-state index contributed by atoms with van der Waals surface area (Å²) in [7, 11) is 0. The Kier molecular flexibility index (Phi) is 5.25. The Hall–Kier alpha value is -3.32. The molecule has 6 nitrogen and oxygen atoms in total. The highest BCUT2D eigenvalue weighted by Crippen LogP contribution is 2.25. The Bertz CT molecular complexity index is 1040. The predicted octanol–water partition coefficient (Wildman–Crippen LogP) is 4.37. The largest absolute Gasteiger partial charge is 0.446 e. The van der Waals surface area contributed by atoms with Gasteiger partial charge < -0.3 is 4.74 Å². The molecule has 0 saturated carbocycles. The van der Waals surface area contributed by atoms with E-state index in [9.17, 15) is 4.79 Å². The van der Waals surface area contributed by atoms with Crippen LogP contribution in [0.15, 0.2) is 89.7 Å². The molecule has 138 valence electrons. The zero-order chi connectivity index (χ0) is 19.3. The highest BCUT2D eigenvalue weighted by atomic mass is 79.9. The Labute approximate surface area is 169 Å². The third kappa shape index (κ3) is 3.99. The summed E-state index contributed by atoms with van der Waals surface area (Å²) in [6, 6.07) is 22.5. The molecule has 0 aliphatic rings. The van der Waals surface area contributed by atoms with Crippen LogP contribution in [0, 0.1) is 0 Å². The summed E-state index contributed by atoms with van der Waals surface area (Å²) in [5.74, 6) is -0.569. The first-order valence-electron chi connectivity index (χ1n) is 8.56. The van der Waals surface area contributed by atoms with Crippen LogP contribution < -0.4 is 0 Å². The molecule has 0 radical (unpaired) electrons. The minimum atomic E-state index is -0.633. The van der Waals surface area contributed by atoms with Gasteiger partial charge in [0.1, 0.15) is 0 Å². The number of benzene rings is 2. The van der Waals surface area contributed by atoms with Gasteiger partial charge >= 0.3 is 5.97 Å². The number of aromatic nitrogens is 4. The predicted molar refractivity (Wildman–Crippen MR) is 107 cm³/mol. The SMILES string of the molecule is O=C(O[C@H](c1ccccc1)c1ccccn1)c1cn(-c2cccc(Br)c2)nn1. The van der Waals surface area contributed by atoms with Crippen LogP contribution in [-0.4, -0.2) is 25.9 Å². The topological polar surface area (TPSA) is 69.9 Å². The second kappa shape index (κ2) is 8.14. The highest BCUT2D eigenvalue weighted by Gasteiger charge is 2.23. The molecule has 7 heteroatoms. The van der Waals surface area contributed by atoms with Crippen LogP contribution in [0.25, 0.3) is 5.69 Å². The summed E-state index contributed by atoms with van der Waals surface area (Å²) in [6.07, 6.45) is 2.58. The molecule has 0 aliphatic carbocycles. The van der Waals surface area contributed by atoms with E-state index in [1.165, 1.54) is 4.68 Å². The number of ether oxygens (including phenoxy) is 1. The quantitative estimate of drug-likeness (QED) is 0.436. The number of hydrogen-bond acceptors (Lipinski definition) is 5. The Morgan fingerprint density at radius 3 is 2.57 bits per heavy atom. The van der Waals surface area contributed by atoms with E-state index >= 15 is 0 Å². The Morgan fingerprint density at radius 1 is 1.00 bits per heavy atom. The van der Waals surface area contributed by atoms with Crippen LogP contribution >= 0.6 is 15.9 Å². The van der Waals surface area contributed by atoms with Crippen LogP contribution in [0.3, 0.4) is 0 Å². The normalized spacial score (nSPS) is 11.8. The lowest BCUT2D eigenvalue weighted by Crippen LogP contribution is -2.14. The number of carbonyl (C=O) groups is 1. The third-order valence-electron chi connectivity index (χ3n) is 4.06. The van der Waals surface area contributed by atoms with Gasteiger partial charge in [-0.15, -0.1) is 5.10 Å². The van der Waals surface area contributed by atoms with Crippen molar-refractivity contribution in [2.75, 3.05) is 0 Å². The number of esters is 1. The van der Waals surface area contributed by atoms with Gasteiger partial charge in [-0.05, 0) is 35.9 Å². The summed E-state index contributed by atoms with van der Waals surface area (Å²) < 4.78 is 8.19. The van der Waals surface area contributed by atoms with Crippen molar-refractivity contribution < 1.29 is 9.53 Å². The Morgan fingerprint density at radius 2 is 1.82 bits per heavy atom. The average Bonchev–Trinajstić information content (AvgIpc) is 3.24. The summed E-state index contributed by atoms with van der Waals surface area (Å²) >= 11 is 3.42. The van der Waals surface area contributed by atoms with Crippen molar-refractivity contribution in [3.05, 3.63) is 107 Å². The molecule has 2 aromatic heterocycles. The molecule has 0 fully saturated rings. The van der Waals surface area contributed by atoms with E-state index in [1.54, 1.807) is 12.4 Å². The summed E-state index contributed by atoms with van der Waals surface area (Å²) in [5, 5.41) is 8.00. The van der Waals surface area contributed by atoms with Gasteiger partial charge in [-0.3, -0.25) is 4.98 Å². The molecule has 1 atom stereocenters. The molecule has 0 N–H and O–H groups in total. The van der Waals surface area contributed by atoms with Crippen molar-refractivity contribution in [2.24, 2.45) is 0 Å². The van der Waals surface area contributed by atoms with Crippen molar-refractivity contribution in [1.82, 2.24) is 20.0 Å². The molecule has 0 bridgehead atoms. The summed E-state index contributed by atoms with van der Waals surface area (Å²) in [6.45, 7) is 0. The molecule has 0 aliphatic heterocycles. The first-order chi connectivity index (χ1) is 13.7. The van der Waals surface area contributed by atoms with Crippen molar-refractivity contribution in [2.45, 2.75) is 6.10 Å². The van der Waals surface area contributed by atoms with Crippen molar-refractivity contribution >= 4 is 21.9 Å². The van der Waals surface area contributed by atoms with E-state index in [0.717, 1.165) is 15.7 Å². The van der Waals surface area contributed by atoms with E-state index in [4.69, 9.17) is 4.74 Å². The second-order valence-electron chi connectivity index (χ2n) is 5.98. The first-order valence-corrected chi connectivity index (χ1v) is 9.35. The number of nitrogens with zero attached hydrogens (tertiary/aromatic N) is 4. The van der Waals surface area contributed by atoms with E-state index < -0.39 is 12.1 Å². The lowest BCUT2D eigenvalue weighted by Gasteiger charge is -2.17. The van der Waals surface area contributed by atoms with Crippen molar-refractivity contribution in [1.29, 1.82) is 0 Å². The lowest BCUT2D eigenvalue weighted by atomic mass is 10.1. The molecule has 0 spiro atoms. The summed E-state index contributed by atoms with van der Waals surface area (Å²) in [5.41, 5.74) is 2.37. The van der Waals surface area contributed by atoms with Gasteiger partial charge in [-0.25, -0.2) is 9.48 Å². The van der Waals surface area contributed by atoms with Gasteiger partial charge in [0.25, 0.3) is 0 Å². The van der Waals surface area contributed by atoms with Crippen LogP contribution in [0.2, 0.25) is 0 Å². The van der Waals surface area contributed by atoms with Crippen molar-refractivity contribution in [3.8, 4) is 5.69 Å². The molecular formula is C21H15BrN4O2. The fourth-order valence-corrected chi connectivity index (χ4v) is 3.11. The van der Waals surface area contributed by atoms with Gasteiger partial charge in [0.2, 0.25) is 0 Å². The molecule has 28 heavy (non-hydrogen) atoms. The molecule has 4 aromatic rings. The molecule has 2 aromatic carbocycles. The van der Waals surface area contributed by atoms with Crippen LogP contribution in [0.5, 0.6) is 0 Å². The van der Waals surface area contributed by atoms with E-state index in [0.29, 0.717) is 5.69 Å². The van der Waals surface area contributed by atoms with Gasteiger partial charge in [0.15, 0.2) is 11.8 Å². The van der Waals surface area contributed by atoms with E-state index in [2.05, 4.69) is 31.2 Å². The second-order valence-corrected chi connectivity index (χ2v) is 6.89. The zero-order valence-corrected chi connectivity index (χ0v) is 16.2. The molecular weight excluding hydrogens is 420 g/mol. The standard InChI is InChI=1S/C21H15BrN4O2/c22-16-9-6-10-17(13-16)26-14-19(24-25-26)21(27)28-20(15-7-2-1-3-8-15)18-11-4-5-12-23-18/h1-14,20H/t20-/m1/s1. The van der Waals surface area contributed by atoms with Gasteiger partial charge in [0.05, 0.1) is 17.6 Å². The third-order valence-corrected chi connectivity index (χ3v) is 4.55. The lowest BCUT2D eigenvalue weighted by molar-refractivity contribution is 0.0363. The highest BCUT2D eigenvalue weighted by molar-refractivity contribution is 9.10. The number of carbonyl (C=O) groups excluding carboxylic acids is 1. The molecule has 4 rings (SSSR count). The fourth-order valence-electron chi connectivity index (χ4n) is 2.73. The van der Waals surface area contributed by atoms with E-state index in [-0.39, 0.29) is 5.69 Å². The smallest absolute Gasteiger partial charge is 0.361 e. The van der Waals surface area contributed by atoms with Crippen LogP contribution in [-0.2, 0) is 4.74 Å². The minimum Gasteiger partial charge on any atom is -0.446 e. The monoisotopic (exact) mass is 434 g/mol.